The summed E-state index contributed by atoms with van der Waals surface area (Å²) in [5.74, 6) is 0.420. The van der Waals surface area contributed by atoms with E-state index >= 15 is 0 Å². The Hall–Kier alpha value is -1.92. The Morgan fingerprint density at radius 1 is 1.43 bits per heavy atom. The Morgan fingerprint density at radius 3 is 2.76 bits per heavy atom. The summed E-state index contributed by atoms with van der Waals surface area (Å²) in [7, 11) is 0. The standard InChI is InChI=1S/C15H18N2O3S/c1-3-16-13(18)12(14(19)17(4-2)15(16)21)9-5-7-11-8-6-10-20-11/h5-10,13,18H,3-4H2,1-2H3. The van der Waals surface area contributed by atoms with E-state index in [9.17, 15) is 9.90 Å². The lowest BCUT2D eigenvalue weighted by molar-refractivity contribution is -0.128. The monoisotopic (exact) mass is 306 g/mol. The number of hydrogen-bond acceptors (Lipinski definition) is 4. The van der Waals surface area contributed by atoms with Gasteiger partial charge in [-0.3, -0.25) is 9.69 Å². The predicted molar refractivity (Wildman–Crippen MR) is 84.2 cm³/mol. The van der Waals surface area contributed by atoms with Gasteiger partial charge in [-0.05, 0) is 50.4 Å². The first kappa shape index (κ1) is 15.5. The van der Waals surface area contributed by atoms with E-state index in [1.807, 2.05) is 13.8 Å². The zero-order chi connectivity index (χ0) is 15.4. The van der Waals surface area contributed by atoms with Crippen LogP contribution in [0.5, 0.6) is 0 Å². The van der Waals surface area contributed by atoms with Crippen molar-refractivity contribution in [3.05, 3.63) is 41.9 Å². The van der Waals surface area contributed by atoms with Crippen molar-refractivity contribution in [2.24, 2.45) is 0 Å². The summed E-state index contributed by atoms with van der Waals surface area (Å²) >= 11 is 5.24. The van der Waals surface area contributed by atoms with Crippen LogP contribution >= 0.6 is 12.2 Å². The van der Waals surface area contributed by atoms with Crippen molar-refractivity contribution < 1.29 is 14.3 Å². The molecule has 0 radical (unpaired) electrons. The fourth-order valence-corrected chi connectivity index (χ4v) is 2.60. The molecule has 1 N–H and O–H groups in total. The maximum atomic E-state index is 12.4. The lowest BCUT2D eigenvalue weighted by Crippen LogP contribution is -2.57. The fourth-order valence-electron chi connectivity index (χ4n) is 2.16. The van der Waals surface area contributed by atoms with Gasteiger partial charge in [-0.15, -0.1) is 0 Å². The molecule has 1 aliphatic rings. The quantitative estimate of drug-likeness (QED) is 0.681. The minimum atomic E-state index is -1.01. The molecule has 1 amide bonds. The van der Waals surface area contributed by atoms with E-state index in [1.54, 1.807) is 41.5 Å². The molecule has 1 unspecified atom stereocenters. The second-order valence-electron chi connectivity index (χ2n) is 4.49. The number of hydrogen-bond donors (Lipinski definition) is 1. The Balaban J connectivity index is 2.27. The summed E-state index contributed by atoms with van der Waals surface area (Å²) in [6.45, 7) is 4.74. The SMILES string of the molecule is CCN1C(=O)C(=CC=Cc2ccco2)C(O)N(CC)C1=S. The minimum absolute atomic E-state index is 0.260. The summed E-state index contributed by atoms with van der Waals surface area (Å²) in [5.41, 5.74) is 0.301. The highest BCUT2D eigenvalue weighted by Gasteiger charge is 2.37. The van der Waals surface area contributed by atoms with Crippen LogP contribution in [0.2, 0.25) is 0 Å². The Bertz CT molecular complexity index is 578. The van der Waals surface area contributed by atoms with Gasteiger partial charge in [0.25, 0.3) is 5.91 Å². The van der Waals surface area contributed by atoms with Gasteiger partial charge >= 0.3 is 0 Å². The third kappa shape index (κ3) is 3.06. The van der Waals surface area contributed by atoms with E-state index in [-0.39, 0.29) is 5.91 Å². The highest BCUT2D eigenvalue weighted by molar-refractivity contribution is 7.80. The Morgan fingerprint density at radius 2 is 2.19 bits per heavy atom. The topological polar surface area (TPSA) is 56.9 Å². The van der Waals surface area contributed by atoms with Gasteiger partial charge in [-0.2, -0.15) is 0 Å². The summed E-state index contributed by atoms with van der Waals surface area (Å²) < 4.78 is 5.17. The molecule has 1 atom stereocenters. The second-order valence-corrected chi connectivity index (χ2v) is 4.85. The van der Waals surface area contributed by atoms with Crippen LogP contribution in [0.1, 0.15) is 19.6 Å². The zero-order valence-corrected chi connectivity index (χ0v) is 12.8. The average Bonchev–Trinajstić information content (AvgIpc) is 2.97. The van der Waals surface area contributed by atoms with Crippen LogP contribution < -0.4 is 0 Å². The molecule has 1 saturated heterocycles. The average molecular weight is 306 g/mol. The molecule has 0 bridgehead atoms. The number of carbonyl (C=O) groups excluding carboxylic acids is 1. The normalized spacial score (nSPS) is 21.9. The number of aliphatic hydroxyl groups is 1. The van der Waals surface area contributed by atoms with Gasteiger partial charge in [0.2, 0.25) is 0 Å². The predicted octanol–water partition coefficient (Wildman–Crippen LogP) is 2.01. The van der Waals surface area contributed by atoms with E-state index < -0.39 is 6.23 Å². The molecule has 1 aliphatic heterocycles. The largest absolute Gasteiger partial charge is 0.465 e. The van der Waals surface area contributed by atoms with Gasteiger partial charge in [0, 0.05) is 13.1 Å². The van der Waals surface area contributed by atoms with Crippen LogP contribution in [0, 0.1) is 0 Å². The number of thiocarbonyl (C=S) groups is 1. The number of furan rings is 1. The summed E-state index contributed by atoms with van der Waals surface area (Å²) in [5, 5.41) is 10.7. The van der Waals surface area contributed by atoms with E-state index in [4.69, 9.17) is 16.6 Å². The first-order valence-electron chi connectivity index (χ1n) is 6.82. The maximum Gasteiger partial charge on any atom is 0.260 e. The van der Waals surface area contributed by atoms with Crippen molar-refractivity contribution in [1.82, 2.24) is 9.80 Å². The van der Waals surface area contributed by atoms with E-state index in [1.165, 1.54) is 4.90 Å². The molecule has 0 aliphatic carbocycles. The molecular formula is C15H18N2O3S. The molecule has 6 heteroatoms. The smallest absolute Gasteiger partial charge is 0.260 e. The van der Waals surface area contributed by atoms with Gasteiger partial charge in [-0.25, -0.2) is 0 Å². The van der Waals surface area contributed by atoms with Crippen LogP contribution in [0.3, 0.4) is 0 Å². The Kier molecular flexibility index (Phi) is 4.93. The van der Waals surface area contributed by atoms with E-state index in [2.05, 4.69) is 0 Å². The fraction of sp³-hybridized carbons (Fsp3) is 0.333. The number of rotatable bonds is 4. The lowest BCUT2D eigenvalue weighted by Gasteiger charge is -2.40. The molecule has 2 rings (SSSR count). The molecule has 0 aromatic carbocycles. The van der Waals surface area contributed by atoms with E-state index in [0.29, 0.717) is 29.5 Å². The molecule has 1 aromatic rings. The second kappa shape index (κ2) is 6.69. The lowest BCUT2D eigenvalue weighted by atomic mass is 10.1. The van der Waals surface area contributed by atoms with Gasteiger partial charge in [0.15, 0.2) is 11.3 Å². The van der Waals surface area contributed by atoms with Crippen LogP contribution in [-0.4, -0.2) is 45.2 Å². The molecule has 5 nitrogen and oxygen atoms in total. The van der Waals surface area contributed by atoms with Crippen molar-refractivity contribution in [2.45, 2.75) is 20.1 Å². The number of aliphatic hydroxyl groups excluding tert-OH is 1. The van der Waals surface area contributed by atoms with Gasteiger partial charge < -0.3 is 14.4 Å². The molecule has 1 fully saturated rings. The highest BCUT2D eigenvalue weighted by Crippen LogP contribution is 2.21. The zero-order valence-electron chi connectivity index (χ0n) is 12.0. The molecule has 0 saturated carbocycles. The summed E-state index contributed by atoms with van der Waals surface area (Å²) in [6, 6.07) is 3.59. The summed E-state index contributed by atoms with van der Waals surface area (Å²) in [6.07, 6.45) is 5.57. The van der Waals surface area contributed by atoms with Crippen molar-refractivity contribution >= 4 is 29.3 Å². The third-order valence-corrected chi connectivity index (χ3v) is 3.73. The minimum Gasteiger partial charge on any atom is -0.465 e. The Labute approximate surface area is 129 Å². The van der Waals surface area contributed by atoms with Gasteiger partial charge in [0.1, 0.15) is 5.76 Å². The molecule has 2 heterocycles. The van der Waals surface area contributed by atoms with Crippen molar-refractivity contribution in [3.63, 3.8) is 0 Å². The first-order valence-corrected chi connectivity index (χ1v) is 7.23. The van der Waals surface area contributed by atoms with Gasteiger partial charge in [0.05, 0.1) is 11.8 Å². The van der Waals surface area contributed by atoms with E-state index in [0.717, 1.165) is 0 Å². The molecule has 112 valence electrons. The highest BCUT2D eigenvalue weighted by atomic mass is 32.1. The van der Waals surface area contributed by atoms with Crippen LogP contribution in [-0.2, 0) is 4.79 Å². The molecule has 1 aromatic heterocycles. The van der Waals surface area contributed by atoms with Crippen molar-refractivity contribution in [1.29, 1.82) is 0 Å². The number of amides is 1. The number of nitrogens with zero attached hydrogens (tertiary/aromatic N) is 2. The molecule has 0 spiro atoms. The molecule has 21 heavy (non-hydrogen) atoms. The van der Waals surface area contributed by atoms with Gasteiger partial charge in [-0.1, -0.05) is 6.08 Å². The first-order chi connectivity index (χ1) is 10.1. The number of likely N-dealkylation sites (N-methyl/N-ethyl adjacent to an activating group) is 2. The maximum absolute atomic E-state index is 12.4. The van der Waals surface area contributed by atoms with Crippen molar-refractivity contribution in [2.75, 3.05) is 13.1 Å². The van der Waals surface area contributed by atoms with Crippen LogP contribution in [0.25, 0.3) is 6.08 Å². The van der Waals surface area contributed by atoms with Crippen LogP contribution in [0.4, 0.5) is 0 Å². The third-order valence-electron chi connectivity index (χ3n) is 3.28. The number of carbonyl (C=O) groups is 1. The van der Waals surface area contributed by atoms with Crippen LogP contribution in [0.15, 0.2) is 40.5 Å². The summed E-state index contributed by atoms with van der Waals surface area (Å²) in [4.78, 5) is 15.5. The molecular weight excluding hydrogens is 288 g/mol. The number of allylic oxidation sites excluding steroid dienone is 2. The van der Waals surface area contributed by atoms with Crippen molar-refractivity contribution in [3.8, 4) is 0 Å².